The summed E-state index contributed by atoms with van der Waals surface area (Å²) in [6, 6.07) is -0.266. The van der Waals surface area contributed by atoms with Gasteiger partial charge in [0.05, 0.1) is 0 Å². The standard InChI is InChI=1S/C15H36N4O2/c1-2-11-18-12-7-3-4-9-14(20)19-13(15(17)21)8-5-6-10-16/h13-15,18-21H,2-12,16-17H2,1H3/t13?,14-,15?/m0/s1. The van der Waals surface area contributed by atoms with E-state index in [9.17, 15) is 10.2 Å². The second-order valence-electron chi connectivity index (χ2n) is 5.66. The summed E-state index contributed by atoms with van der Waals surface area (Å²) in [5.41, 5.74) is 11.0. The first-order valence-corrected chi connectivity index (χ1v) is 8.40. The second-order valence-corrected chi connectivity index (χ2v) is 5.66. The Labute approximate surface area is 129 Å². The van der Waals surface area contributed by atoms with Crippen molar-refractivity contribution in [2.24, 2.45) is 11.5 Å². The summed E-state index contributed by atoms with van der Waals surface area (Å²) >= 11 is 0. The molecule has 0 rings (SSSR count). The Morgan fingerprint density at radius 3 is 2.29 bits per heavy atom. The number of aliphatic hydroxyl groups excluding tert-OH is 2. The molecule has 0 saturated carbocycles. The van der Waals surface area contributed by atoms with Crippen LogP contribution in [-0.4, -0.2) is 48.3 Å². The molecule has 6 nitrogen and oxygen atoms in total. The summed E-state index contributed by atoms with van der Waals surface area (Å²) < 4.78 is 0. The molecular weight excluding hydrogens is 268 g/mol. The van der Waals surface area contributed by atoms with E-state index in [1.54, 1.807) is 0 Å². The van der Waals surface area contributed by atoms with E-state index in [-0.39, 0.29) is 6.04 Å². The van der Waals surface area contributed by atoms with E-state index in [0.717, 1.165) is 58.0 Å². The maximum absolute atomic E-state index is 9.95. The third-order valence-corrected chi connectivity index (χ3v) is 3.55. The molecule has 8 N–H and O–H groups in total. The Balaban J connectivity index is 3.65. The lowest BCUT2D eigenvalue weighted by molar-refractivity contribution is 0.0580. The fourth-order valence-electron chi connectivity index (χ4n) is 2.26. The monoisotopic (exact) mass is 304 g/mol. The number of hydrogen-bond donors (Lipinski definition) is 6. The smallest absolute Gasteiger partial charge is 0.117 e. The largest absolute Gasteiger partial charge is 0.379 e. The summed E-state index contributed by atoms with van der Waals surface area (Å²) in [5.74, 6) is 0. The van der Waals surface area contributed by atoms with Gasteiger partial charge in [-0.3, -0.25) is 5.32 Å². The molecule has 0 aliphatic rings. The topological polar surface area (TPSA) is 117 Å². The van der Waals surface area contributed by atoms with Crippen LogP contribution < -0.4 is 22.1 Å². The SMILES string of the molecule is CCCNCCCCC[C@H](O)NC(CCCCN)C(N)O. The molecule has 0 saturated heterocycles. The molecule has 21 heavy (non-hydrogen) atoms. The fourth-order valence-corrected chi connectivity index (χ4v) is 2.26. The van der Waals surface area contributed by atoms with Crippen molar-refractivity contribution in [3.8, 4) is 0 Å². The summed E-state index contributed by atoms with van der Waals surface area (Å²) in [6.07, 6.45) is 6.04. The van der Waals surface area contributed by atoms with Crippen LogP contribution in [0.3, 0.4) is 0 Å². The van der Waals surface area contributed by atoms with Crippen molar-refractivity contribution in [2.75, 3.05) is 19.6 Å². The molecule has 0 aromatic carbocycles. The number of hydrogen-bond acceptors (Lipinski definition) is 6. The number of rotatable bonds is 15. The second kappa shape index (κ2) is 14.7. The molecule has 128 valence electrons. The lowest BCUT2D eigenvalue weighted by atomic mass is 10.1. The van der Waals surface area contributed by atoms with Crippen molar-refractivity contribution < 1.29 is 10.2 Å². The average Bonchev–Trinajstić information content (AvgIpc) is 2.45. The fraction of sp³-hybridized carbons (Fsp3) is 1.00. The number of aliphatic hydroxyl groups is 2. The van der Waals surface area contributed by atoms with Crippen LogP contribution in [0.4, 0.5) is 0 Å². The Kier molecular flexibility index (Phi) is 14.5. The first kappa shape index (κ1) is 20.8. The van der Waals surface area contributed by atoms with E-state index in [1.807, 2.05) is 0 Å². The minimum Gasteiger partial charge on any atom is -0.379 e. The quantitative estimate of drug-likeness (QED) is 0.190. The maximum atomic E-state index is 9.95. The summed E-state index contributed by atoms with van der Waals surface area (Å²) in [6.45, 7) is 4.91. The molecule has 6 heteroatoms. The van der Waals surface area contributed by atoms with Crippen LogP contribution in [0, 0.1) is 0 Å². The zero-order valence-electron chi connectivity index (χ0n) is 13.6. The van der Waals surface area contributed by atoms with Gasteiger partial charge in [-0.15, -0.1) is 0 Å². The summed E-state index contributed by atoms with van der Waals surface area (Å²) in [5, 5.41) is 25.8. The first-order valence-electron chi connectivity index (χ1n) is 8.40. The van der Waals surface area contributed by atoms with Gasteiger partial charge in [-0.1, -0.05) is 19.8 Å². The average molecular weight is 304 g/mol. The van der Waals surface area contributed by atoms with Crippen LogP contribution >= 0.6 is 0 Å². The zero-order chi connectivity index (χ0) is 15.9. The molecule has 0 amide bonds. The molecule has 0 aliphatic carbocycles. The minimum absolute atomic E-state index is 0.266. The van der Waals surface area contributed by atoms with E-state index in [4.69, 9.17) is 11.5 Å². The highest BCUT2D eigenvalue weighted by molar-refractivity contribution is 4.73. The summed E-state index contributed by atoms with van der Waals surface area (Å²) in [4.78, 5) is 0. The van der Waals surface area contributed by atoms with Gasteiger partial charge in [0.2, 0.25) is 0 Å². The van der Waals surface area contributed by atoms with Crippen LogP contribution in [0.15, 0.2) is 0 Å². The van der Waals surface area contributed by atoms with E-state index in [2.05, 4.69) is 17.6 Å². The van der Waals surface area contributed by atoms with Gasteiger partial charge in [0, 0.05) is 6.04 Å². The molecule has 3 atom stereocenters. The van der Waals surface area contributed by atoms with Crippen LogP contribution in [0.1, 0.15) is 58.3 Å². The first-order chi connectivity index (χ1) is 10.1. The minimum atomic E-state index is -0.948. The van der Waals surface area contributed by atoms with Crippen molar-refractivity contribution in [3.63, 3.8) is 0 Å². The normalized spacial score (nSPS) is 15.9. The molecule has 0 aliphatic heterocycles. The van der Waals surface area contributed by atoms with Crippen LogP contribution in [0.25, 0.3) is 0 Å². The molecule has 0 aromatic rings. The molecular formula is C15H36N4O2. The number of nitrogens with one attached hydrogen (secondary N) is 2. The van der Waals surface area contributed by atoms with Gasteiger partial charge in [0.25, 0.3) is 0 Å². The van der Waals surface area contributed by atoms with Crippen molar-refractivity contribution >= 4 is 0 Å². The van der Waals surface area contributed by atoms with Crippen LogP contribution in [0.5, 0.6) is 0 Å². The van der Waals surface area contributed by atoms with Gasteiger partial charge in [-0.2, -0.15) is 0 Å². The van der Waals surface area contributed by atoms with Crippen LogP contribution in [-0.2, 0) is 0 Å². The van der Waals surface area contributed by atoms with E-state index < -0.39 is 12.5 Å². The number of unbranched alkanes of at least 4 members (excludes halogenated alkanes) is 3. The third kappa shape index (κ3) is 13.2. The lowest BCUT2D eigenvalue weighted by Crippen LogP contribution is -2.49. The maximum Gasteiger partial charge on any atom is 0.117 e. The van der Waals surface area contributed by atoms with E-state index in [0.29, 0.717) is 13.0 Å². The van der Waals surface area contributed by atoms with Crippen molar-refractivity contribution in [2.45, 2.75) is 76.8 Å². The molecule has 0 heterocycles. The van der Waals surface area contributed by atoms with Gasteiger partial charge in [-0.05, 0) is 58.2 Å². The van der Waals surface area contributed by atoms with Crippen LogP contribution in [0.2, 0.25) is 0 Å². The Morgan fingerprint density at radius 2 is 1.67 bits per heavy atom. The Morgan fingerprint density at radius 1 is 0.952 bits per heavy atom. The molecule has 0 fully saturated rings. The predicted molar refractivity (Wildman–Crippen MR) is 87.7 cm³/mol. The van der Waals surface area contributed by atoms with Crippen molar-refractivity contribution in [1.82, 2.24) is 10.6 Å². The molecule has 2 unspecified atom stereocenters. The molecule has 0 radical (unpaired) electrons. The van der Waals surface area contributed by atoms with Gasteiger partial charge in [0.1, 0.15) is 12.5 Å². The molecule has 0 bridgehead atoms. The third-order valence-electron chi connectivity index (χ3n) is 3.55. The van der Waals surface area contributed by atoms with Gasteiger partial charge in [0.15, 0.2) is 0 Å². The Hall–Kier alpha value is -0.240. The highest BCUT2D eigenvalue weighted by Crippen LogP contribution is 2.07. The van der Waals surface area contributed by atoms with E-state index in [1.165, 1.54) is 0 Å². The molecule has 0 spiro atoms. The predicted octanol–water partition coefficient (Wildman–Crippen LogP) is 0.229. The zero-order valence-corrected chi connectivity index (χ0v) is 13.6. The number of nitrogens with two attached hydrogens (primary N) is 2. The van der Waals surface area contributed by atoms with Crippen molar-refractivity contribution in [3.05, 3.63) is 0 Å². The lowest BCUT2D eigenvalue weighted by Gasteiger charge is -2.24. The van der Waals surface area contributed by atoms with Gasteiger partial charge in [-0.25, -0.2) is 0 Å². The van der Waals surface area contributed by atoms with Crippen molar-refractivity contribution in [1.29, 1.82) is 0 Å². The van der Waals surface area contributed by atoms with Gasteiger partial charge < -0.3 is 27.0 Å². The highest BCUT2D eigenvalue weighted by atomic mass is 16.3. The van der Waals surface area contributed by atoms with E-state index >= 15 is 0 Å². The summed E-state index contributed by atoms with van der Waals surface area (Å²) in [7, 11) is 0. The Bertz CT molecular complexity index is 218. The molecule has 0 aromatic heterocycles. The highest BCUT2D eigenvalue weighted by Gasteiger charge is 2.17. The van der Waals surface area contributed by atoms with Gasteiger partial charge >= 0.3 is 0 Å².